The lowest BCUT2D eigenvalue weighted by molar-refractivity contribution is 0.0746. The third-order valence-electron chi connectivity index (χ3n) is 6.35. The zero-order valence-electron chi connectivity index (χ0n) is 20.7. The van der Waals surface area contributed by atoms with Crippen LogP contribution in [0, 0.1) is 0 Å². The molecule has 7 nitrogen and oxygen atoms in total. The fraction of sp³-hybridized carbons (Fsp3) is 0.138. The Balaban J connectivity index is 1.13. The lowest BCUT2D eigenvalue weighted by Gasteiger charge is -2.36. The van der Waals surface area contributed by atoms with Crippen LogP contribution in [-0.2, 0) is 0 Å². The summed E-state index contributed by atoms with van der Waals surface area (Å²) in [5.41, 5.74) is 3.08. The monoisotopic (exact) mass is 578 g/mol. The van der Waals surface area contributed by atoms with E-state index in [1.54, 1.807) is 30.3 Å². The highest BCUT2D eigenvalue weighted by Gasteiger charge is 2.22. The van der Waals surface area contributed by atoms with E-state index < -0.39 is 5.91 Å². The van der Waals surface area contributed by atoms with Crippen molar-refractivity contribution in [3.8, 4) is 11.3 Å². The van der Waals surface area contributed by atoms with Crippen molar-refractivity contribution >= 4 is 63.7 Å². The molecule has 0 radical (unpaired) electrons. The molecule has 198 valence electrons. The number of anilines is 2. The Morgan fingerprint density at radius 3 is 2.26 bits per heavy atom. The third kappa shape index (κ3) is 6.25. The molecule has 1 aliphatic rings. The van der Waals surface area contributed by atoms with E-state index in [0.717, 1.165) is 24.5 Å². The smallest absolute Gasteiger partial charge is 0.293 e. The SMILES string of the molecule is O=C(NC(=S)Nc1ccc(N2CCN(C(=O)c3ccccc3)CC2)cc1)c1ccc(-c2cccc(Cl)c2Cl)o1. The van der Waals surface area contributed by atoms with Crippen LogP contribution in [0.3, 0.4) is 0 Å². The number of hydrogen-bond acceptors (Lipinski definition) is 5. The number of carbonyl (C=O) groups is 2. The first-order valence-corrected chi connectivity index (χ1v) is 13.4. The number of furan rings is 1. The van der Waals surface area contributed by atoms with Crippen molar-refractivity contribution in [2.24, 2.45) is 0 Å². The standard InChI is InChI=1S/C29H24Cl2N4O3S/c30-23-8-4-7-22(26(23)31)24-13-14-25(38-24)27(36)33-29(39)32-20-9-11-21(12-10-20)34-15-17-35(18-16-34)28(37)19-5-2-1-3-6-19/h1-14H,15-18H2,(H2,32,33,36,39). The summed E-state index contributed by atoms with van der Waals surface area (Å²) >= 11 is 17.6. The lowest BCUT2D eigenvalue weighted by Crippen LogP contribution is -2.48. The van der Waals surface area contributed by atoms with Gasteiger partial charge in [-0.25, -0.2) is 0 Å². The highest BCUT2D eigenvalue weighted by Crippen LogP contribution is 2.34. The van der Waals surface area contributed by atoms with Crippen LogP contribution in [-0.4, -0.2) is 48.0 Å². The van der Waals surface area contributed by atoms with Crippen LogP contribution >= 0.6 is 35.4 Å². The van der Waals surface area contributed by atoms with E-state index in [4.69, 9.17) is 39.8 Å². The molecule has 10 heteroatoms. The molecule has 0 spiro atoms. The van der Waals surface area contributed by atoms with Crippen LogP contribution in [0.5, 0.6) is 0 Å². The van der Waals surface area contributed by atoms with E-state index in [1.807, 2.05) is 59.5 Å². The predicted molar refractivity (Wildman–Crippen MR) is 159 cm³/mol. The zero-order valence-corrected chi connectivity index (χ0v) is 23.0. The second-order valence-electron chi connectivity index (χ2n) is 8.87. The minimum absolute atomic E-state index is 0.0596. The molecular weight excluding hydrogens is 555 g/mol. The Bertz CT molecular complexity index is 1500. The van der Waals surface area contributed by atoms with Crippen molar-refractivity contribution in [3.05, 3.63) is 106 Å². The van der Waals surface area contributed by atoms with Gasteiger partial charge in [0.15, 0.2) is 10.9 Å². The number of thiocarbonyl (C=S) groups is 1. The molecule has 0 atom stereocenters. The predicted octanol–water partition coefficient (Wildman–Crippen LogP) is 6.34. The van der Waals surface area contributed by atoms with E-state index >= 15 is 0 Å². The Labute approximate surface area is 241 Å². The van der Waals surface area contributed by atoms with Crippen LogP contribution in [0.15, 0.2) is 89.3 Å². The summed E-state index contributed by atoms with van der Waals surface area (Å²) in [6.45, 7) is 2.79. The summed E-state index contributed by atoms with van der Waals surface area (Å²) in [5.74, 6) is 0.0821. The molecule has 2 heterocycles. The number of rotatable bonds is 5. The van der Waals surface area contributed by atoms with Gasteiger partial charge in [0.2, 0.25) is 0 Å². The number of nitrogens with one attached hydrogen (secondary N) is 2. The Hall–Kier alpha value is -3.85. The van der Waals surface area contributed by atoms with Crippen molar-refractivity contribution in [1.29, 1.82) is 0 Å². The lowest BCUT2D eigenvalue weighted by atomic mass is 10.1. The Kier molecular flexibility index (Phi) is 8.16. The second kappa shape index (κ2) is 11.9. The molecule has 2 N–H and O–H groups in total. The number of amides is 2. The molecule has 3 aromatic carbocycles. The van der Waals surface area contributed by atoms with Crippen molar-refractivity contribution < 1.29 is 14.0 Å². The molecule has 0 unspecified atom stereocenters. The summed E-state index contributed by atoms with van der Waals surface area (Å²) in [7, 11) is 0. The van der Waals surface area contributed by atoms with E-state index in [0.29, 0.717) is 40.0 Å². The van der Waals surface area contributed by atoms with Crippen LogP contribution in [0.25, 0.3) is 11.3 Å². The van der Waals surface area contributed by atoms with Gasteiger partial charge in [0.1, 0.15) is 5.76 Å². The molecule has 1 fully saturated rings. The number of carbonyl (C=O) groups excluding carboxylic acids is 2. The van der Waals surface area contributed by atoms with E-state index in [9.17, 15) is 9.59 Å². The van der Waals surface area contributed by atoms with Gasteiger partial charge in [0, 0.05) is 48.7 Å². The number of benzene rings is 3. The van der Waals surface area contributed by atoms with Gasteiger partial charge in [0.05, 0.1) is 10.0 Å². The summed E-state index contributed by atoms with van der Waals surface area (Å²) in [6, 6.07) is 25.5. The van der Waals surface area contributed by atoms with E-state index in [1.165, 1.54) is 0 Å². The van der Waals surface area contributed by atoms with Crippen LogP contribution < -0.4 is 15.5 Å². The maximum absolute atomic E-state index is 12.7. The molecule has 2 amide bonds. The van der Waals surface area contributed by atoms with Gasteiger partial charge in [-0.1, -0.05) is 47.5 Å². The maximum Gasteiger partial charge on any atom is 0.293 e. The minimum atomic E-state index is -0.489. The number of hydrogen-bond donors (Lipinski definition) is 2. The molecule has 1 aliphatic heterocycles. The molecule has 1 aromatic heterocycles. The van der Waals surface area contributed by atoms with Gasteiger partial charge in [-0.2, -0.15) is 0 Å². The normalized spacial score (nSPS) is 13.2. The third-order valence-corrected chi connectivity index (χ3v) is 7.37. The van der Waals surface area contributed by atoms with Crippen molar-refractivity contribution in [2.45, 2.75) is 0 Å². The number of halogens is 2. The van der Waals surface area contributed by atoms with Gasteiger partial charge in [0.25, 0.3) is 11.8 Å². The van der Waals surface area contributed by atoms with E-state index in [2.05, 4.69) is 15.5 Å². The topological polar surface area (TPSA) is 77.8 Å². The van der Waals surface area contributed by atoms with Crippen LogP contribution in [0.1, 0.15) is 20.9 Å². The average molecular weight is 580 g/mol. The summed E-state index contributed by atoms with van der Waals surface area (Å²) in [6.07, 6.45) is 0. The van der Waals surface area contributed by atoms with E-state index in [-0.39, 0.29) is 16.8 Å². The summed E-state index contributed by atoms with van der Waals surface area (Å²) in [5, 5.41) is 6.52. The van der Waals surface area contributed by atoms with Crippen LogP contribution in [0.4, 0.5) is 11.4 Å². The molecule has 0 bridgehead atoms. The Morgan fingerprint density at radius 1 is 0.821 bits per heavy atom. The van der Waals surface area contributed by atoms with Crippen molar-refractivity contribution in [2.75, 3.05) is 36.4 Å². The molecule has 39 heavy (non-hydrogen) atoms. The molecular formula is C29H24Cl2N4O3S. The first-order valence-electron chi connectivity index (χ1n) is 12.2. The molecule has 4 aromatic rings. The minimum Gasteiger partial charge on any atom is -0.451 e. The molecule has 0 aliphatic carbocycles. The van der Waals surface area contributed by atoms with Gasteiger partial charge >= 0.3 is 0 Å². The molecule has 0 saturated carbocycles. The maximum atomic E-state index is 12.7. The highest BCUT2D eigenvalue weighted by molar-refractivity contribution is 7.80. The second-order valence-corrected chi connectivity index (χ2v) is 10.1. The highest BCUT2D eigenvalue weighted by atomic mass is 35.5. The largest absolute Gasteiger partial charge is 0.451 e. The zero-order chi connectivity index (χ0) is 27.4. The number of piperazine rings is 1. The first-order chi connectivity index (χ1) is 18.9. The summed E-state index contributed by atoms with van der Waals surface area (Å²) < 4.78 is 5.68. The molecule has 1 saturated heterocycles. The van der Waals surface area contributed by atoms with Crippen molar-refractivity contribution in [1.82, 2.24) is 10.2 Å². The Morgan fingerprint density at radius 2 is 1.54 bits per heavy atom. The molecule has 5 rings (SSSR count). The van der Waals surface area contributed by atoms with Crippen molar-refractivity contribution in [3.63, 3.8) is 0 Å². The average Bonchev–Trinajstić information content (AvgIpc) is 3.45. The van der Waals surface area contributed by atoms with Crippen LogP contribution in [0.2, 0.25) is 10.0 Å². The quantitative estimate of drug-likeness (QED) is 0.269. The van der Waals surface area contributed by atoms with Gasteiger partial charge in [-0.05, 0) is 72.9 Å². The van der Waals surface area contributed by atoms with Gasteiger partial charge in [-0.15, -0.1) is 0 Å². The fourth-order valence-electron chi connectivity index (χ4n) is 4.31. The first kappa shape index (κ1) is 26.7. The van der Waals surface area contributed by atoms with Gasteiger partial charge < -0.3 is 19.5 Å². The fourth-order valence-corrected chi connectivity index (χ4v) is 4.92. The number of nitrogens with zero attached hydrogens (tertiary/aromatic N) is 2. The van der Waals surface area contributed by atoms with Gasteiger partial charge in [-0.3, -0.25) is 14.9 Å². The summed E-state index contributed by atoms with van der Waals surface area (Å²) in [4.78, 5) is 29.5.